The van der Waals surface area contributed by atoms with E-state index >= 15 is 0 Å². The number of amides is 1. The third kappa shape index (κ3) is 2.85. The van der Waals surface area contributed by atoms with Crippen molar-refractivity contribution in [3.63, 3.8) is 0 Å². The maximum absolute atomic E-state index is 12.3. The first kappa shape index (κ1) is 15.7. The fourth-order valence-electron chi connectivity index (χ4n) is 2.43. The summed E-state index contributed by atoms with van der Waals surface area (Å²) in [6, 6.07) is 4.22. The minimum atomic E-state index is -0.783. The number of methoxy groups -OCH3 is 1. The van der Waals surface area contributed by atoms with Gasteiger partial charge in [-0.15, -0.1) is 0 Å². The Kier molecular flexibility index (Phi) is 4.46. The van der Waals surface area contributed by atoms with Crippen LogP contribution >= 0.6 is 15.9 Å². The molecule has 1 atom stereocenters. The van der Waals surface area contributed by atoms with Crippen LogP contribution in [0.25, 0.3) is 0 Å². The Balaban J connectivity index is 2.49. The number of esters is 1. The van der Waals surface area contributed by atoms with Gasteiger partial charge in [0, 0.05) is 4.47 Å². The lowest BCUT2D eigenvalue weighted by atomic mass is 10.0. The first-order valence-electron chi connectivity index (χ1n) is 6.62. The highest BCUT2D eigenvalue weighted by atomic mass is 79.9. The summed E-state index contributed by atoms with van der Waals surface area (Å²) in [5, 5.41) is 0. The van der Waals surface area contributed by atoms with Gasteiger partial charge in [0.1, 0.15) is 6.04 Å². The van der Waals surface area contributed by atoms with Crippen LogP contribution in [0.3, 0.4) is 0 Å². The summed E-state index contributed by atoms with van der Waals surface area (Å²) in [5.74, 6) is -1.61. The van der Waals surface area contributed by atoms with Crippen molar-refractivity contribution in [3.05, 3.63) is 28.2 Å². The normalized spacial score (nSPS) is 15.4. The Morgan fingerprint density at radius 1 is 1.33 bits per heavy atom. The molecular formula is C15H16BrNO4. The van der Waals surface area contributed by atoms with Crippen molar-refractivity contribution in [2.75, 3.05) is 12.0 Å². The van der Waals surface area contributed by atoms with Crippen molar-refractivity contribution < 1.29 is 19.1 Å². The zero-order valence-corrected chi connectivity index (χ0v) is 13.6. The summed E-state index contributed by atoms with van der Waals surface area (Å²) in [4.78, 5) is 37.7. The van der Waals surface area contributed by atoms with Gasteiger partial charge in [0.2, 0.25) is 0 Å². The van der Waals surface area contributed by atoms with Gasteiger partial charge in [-0.2, -0.15) is 0 Å². The summed E-state index contributed by atoms with van der Waals surface area (Å²) in [7, 11) is 1.28. The van der Waals surface area contributed by atoms with Crippen molar-refractivity contribution in [1.82, 2.24) is 0 Å². The minimum absolute atomic E-state index is 0.177. The second-order valence-electron chi connectivity index (χ2n) is 5.33. The van der Waals surface area contributed by atoms with E-state index in [2.05, 4.69) is 15.9 Å². The summed E-state index contributed by atoms with van der Waals surface area (Å²) < 4.78 is 5.51. The number of carbonyl (C=O) groups is 3. The molecule has 21 heavy (non-hydrogen) atoms. The Labute approximate surface area is 131 Å². The van der Waals surface area contributed by atoms with E-state index in [1.807, 2.05) is 13.8 Å². The highest BCUT2D eigenvalue weighted by Crippen LogP contribution is 2.34. The van der Waals surface area contributed by atoms with Crippen LogP contribution in [0, 0.1) is 5.92 Å². The van der Waals surface area contributed by atoms with Crippen molar-refractivity contribution in [1.29, 1.82) is 0 Å². The molecule has 1 aromatic carbocycles. The quantitative estimate of drug-likeness (QED) is 0.616. The highest BCUT2D eigenvalue weighted by molar-refractivity contribution is 9.10. The number of rotatable bonds is 4. The maximum Gasteiger partial charge on any atom is 0.328 e. The molecule has 1 aliphatic heterocycles. The Morgan fingerprint density at radius 3 is 2.57 bits per heavy atom. The molecule has 0 saturated carbocycles. The van der Waals surface area contributed by atoms with Crippen molar-refractivity contribution >= 4 is 39.3 Å². The van der Waals surface area contributed by atoms with E-state index in [4.69, 9.17) is 4.74 Å². The van der Waals surface area contributed by atoms with Crippen LogP contribution < -0.4 is 4.90 Å². The Hall–Kier alpha value is -1.69. The maximum atomic E-state index is 12.3. The van der Waals surface area contributed by atoms with E-state index in [-0.39, 0.29) is 5.92 Å². The molecule has 2 rings (SSSR count). The molecule has 0 aliphatic carbocycles. The number of hydrogen-bond donors (Lipinski definition) is 0. The summed E-state index contributed by atoms with van der Waals surface area (Å²) in [5.41, 5.74) is 0.774. The number of carbonyl (C=O) groups excluding carboxylic acids is 3. The Bertz CT molecular complexity index is 612. The molecule has 1 unspecified atom stereocenters. The van der Waals surface area contributed by atoms with Gasteiger partial charge in [0.15, 0.2) is 0 Å². The first-order valence-corrected chi connectivity index (χ1v) is 7.41. The summed E-state index contributed by atoms with van der Waals surface area (Å²) in [6.07, 6.45) is 0.432. The fraction of sp³-hybridized carbons (Fsp3) is 0.400. The van der Waals surface area contributed by atoms with Crippen LogP contribution in [0.4, 0.5) is 5.69 Å². The predicted molar refractivity (Wildman–Crippen MR) is 81.2 cm³/mol. The molecule has 1 aromatic rings. The summed E-state index contributed by atoms with van der Waals surface area (Å²) >= 11 is 3.28. The molecule has 1 heterocycles. The van der Waals surface area contributed by atoms with Crippen LogP contribution in [0.5, 0.6) is 0 Å². The summed E-state index contributed by atoms with van der Waals surface area (Å²) in [6.45, 7) is 3.89. The Morgan fingerprint density at radius 2 is 2.00 bits per heavy atom. The molecule has 0 N–H and O–H groups in total. The molecule has 0 fully saturated rings. The zero-order chi connectivity index (χ0) is 15.7. The molecular weight excluding hydrogens is 338 g/mol. The molecule has 0 spiro atoms. The van der Waals surface area contributed by atoms with Crippen LogP contribution in [0.2, 0.25) is 0 Å². The fourth-order valence-corrected chi connectivity index (χ4v) is 2.79. The number of nitrogens with zero attached hydrogens (tertiary/aromatic N) is 1. The number of hydrogen-bond acceptors (Lipinski definition) is 4. The molecule has 0 aromatic heterocycles. The van der Waals surface area contributed by atoms with Crippen LogP contribution in [-0.4, -0.2) is 30.8 Å². The predicted octanol–water partition coefficient (Wildman–Crippen LogP) is 2.57. The van der Waals surface area contributed by atoms with E-state index in [9.17, 15) is 14.4 Å². The van der Waals surface area contributed by atoms with E-state index in [1.165, 1.54) is 12.0 Å². The number of fused-ring (bicyclic) bond motifs is 1. The molecule has 1 aliphatic rings. The van der Waals surface area contributed by atoms with Crippen LogP contribution in [0.15, 0.2) is 22.7 Å². The molecule has 6 heteroatoms. The number of benzene rings is 1. The largest absolute Gasteiger partial charge is 0.467 e. The van der Waals surface area contributed by atoms with Crippen molar-refractivity contribution in [2.24, 2.45) is 5.92 Å². The smallest absolute Gasteiger partial charge is 0.328 e. The zero-order valence-electron chi connectivity index (χ0n) is 12.1. The molecule has 0 bridgehead atoms. The van der Waals surface area contributed by atoms with Gasteiger partial charge in [0.05, 0.1) is 18.4 Å². The molecule has 5 nitrogen and oxygen atoms in total. The number of Topliss-reactive ketones (excluding diaryl/α,β-unsaturated/α-hetero) is 1. The van der Waals surface area contributed by atoms with Gasteiger partial charge >= 0.3 is 5.97 Å². The number of anilines is 1. The van der Waals surface area contributed by atoms with E-state index in [1.54, 1.807) is 18.2 Å². The minimum Gasteiger partial charge on any atom is -0.467 e. The van der Waals surface area contributed by atoms with Gasteiger partial charge in [-0.25, -0.2) is 4.79 Å². The number of ether oxygens (including phenoxy) is 1. The van der Waals surface area contributed by atoms with Crippen molar-refractivity contribution in [3.8, 4) is 0 Å². The van der Waals surface area contributed by atoms with Gasteiger partial charge < -0.3 is 4.74 Å². The molecule has 0 radical (unpaired) electrons. The average molecular weight is 354 g/mol. The van der Waals surface area contributed by atoms with Gasteiger partial charge in [0.25, 0.3) is 11.7 Å². The molecule has 112 valence electrons. The number of halogens is 1. The molecule has 0 saturated heterocycles. The van der Waals surface area contributed by atoms with Crippen LogP contribution in [0.1, 0.15) is 30.6 Å². The lowest BCUT2D eigenvalue weighted by Crippen LogP contribution is -2.45. The lowest BCUT2D eigenvalue weighted by Gasteiger charge is -2.27. The third-order valence-electron chi connectivity index (χ3n) is 3.36. The third-order valence-corrected chi connectivity index (χ3v) is 3.85. The van der Waals surface area contributed by atoms with E-state index in [0.717, 1.165) is 0 Å². The second kappa shape index (κ2) is 5.97. The van der Waals surface area contributed by atoms with Gasteiger partial charge in [-0.3, -0.25) is 14.5 Å². The van der Waals surface area contributed by atoms with E-state index < -0.39 is 23.7 Å². The monoisotopic (exact) mass is 353 g/mol. The van der Waals surface area contributed by atoms with Gasteiger partial charge in [-0.05, 0) is 30.5 Å². The van der Waals surface area contributed by atoms with Crippen molar-refractivity contribution in [2.45, 2.75) is 26.3 Å². The lowest BCUT2D eigenvalue weighted by molar-refractivity contribution is -0.143. The topological polar surface area (TPSA) is 63.7 Å². The average Bonchev–Trinajstić information content (AvgIpc) is 2.68. The second-order valence-corrected chi connectivity index (χ2v) is 6.25. The van der Waals surface area contributed by atoms with E-state index in [0.29, 0.717) is 22.1 Å². The van der Waals surface area contributed by atoms with Crippen LogP contribution in [-0.2, 0) is 14.3 Å². The number of ketones is 1. The molecule has 1 amide bonds. The highest BCUT2D eigenvalue weighted by Gasteiger charge is 2.43. The SMILES string of the molecule is COC(=O)C(CC(C)C)N1C(=O)C(=O)c2cc(Br)ccc21. The first-order chi connectivity index (χ1) is 9.86. The van der Waals surface area contributed by atoms with Gasteiger partial charge in [-0.1, -0.05) is 29.8 Å². The standard InChI is InChI=1S/C15H16BrNO4/c1-8(2)6-12(15(20)21-3)17-11-5-4-9(16)7-10(11)13(18)14(17)19/h4-5,7-8,12H,6H2,1-3H3.